The molecule has 1 atom stereocenters. The van der Waals surface area contributed by atoms with Gasteiger partial charge in [0.1, 0.15) is 0 Å². The standard InChI is InChI=1S/C12H24N2O/c1-10(12(2,3)4)13-14-8-6-7-11(14)9-15-5/h11H,6-9H2,1-5H3/b13-10+/t11-/m0/s1. The van der Waals surface area contributed by atoms with Crippen LogP contribution < -0.4 is 0 Å². The van der Waals surface area contributed by atoms with E-state index in [0.717, 1.165) is 13.2 Å². The van der Waals surface area contributed by atoms with Gasteiger partial charge in [-0.05, 0) is 19.8 Å². The molecule has 1 rings (SSSR count). The maximum Gasteiger partial charge on any atom is 0.0704 e. The Kier molecular flexibility index (Phi) is 4.14. The van der Waals surface area contributed by atoms with Gasteiger partial charge >= 0.3 is 0 Å². The second-order valence-electron chi connectivity index (χ2n) is 5.35. The van der Waals surface area contributed by atoms with Crippen molar-refractivity contribution in [3.05, 3.63) is 0 Å². The van der Waals surface area contributed by atoms with Crippen LogP contribution in [0, 0.1) is 5.41 Å². The maximum absolute atomic E-state index is 5.21. The van der Waals surface area contributed by atoms with Crippen LogP contribution in [0.2, 0.25) is 0 Å². The quantitative estimate of drug-likeness (QED) is 0.672. The van der Waals surface area contributed by atoms with Gasteiger partial charge < -0.3 is 4.74 Å². The number of hydrogen-bond acceptors (Lipinski definition) is 3. The minimum Gasteiger partial charge on any atom is -0.382 e. The number of hydrogen-bond donors (Lipinski definition) is 0. The third-order valence-corrected chi connectivity index (χ3v) is 3.07. The van der Waals surface area contributed by atoms with Gasteiger partial charge in [-0.2, -0.15) is 5.10 Å². The van der Waals surface area contributed by atoms with E-state index in [0.29, 0.717) is 6.04 Å². The topological polar surface area (TPSA) is 24.8 Å². The lowest BCUT2D eigenvalue weighted by molar-refractivity contribution is 0.117. The summed E-state index contributed by atoms with van der Waals surface area (Å²) in [7, 11) is 1.76. The summed E-state index contributed by atoms with van der Waals surface area (Å²) in [5.74, 6) is 0. The maximum atomic E-state index is 5.21. The molecule has 1 aliphatic rings. The fraction of sp³-hybridized carbons (Fsp3) is 0.917. The summed E-state index contributed by atoms with van der Waals surface area (Å²) in [6.07, 6.45) is 2.43. The lowest BCUT2D eigenvalue weighted by Crippen LogP contribution is -2.31. The van der Waals surface area contributed by atoms with E-state index in [4.69, 9.17) is 9.84 Å². The molecule has 3 heteroatoms. The van der Waals surface area contributed by atoms with E-state index < -0.39 is 0 Å². The zero-order valence-corrected chi connectivity index (χ0v) is 10.7. The largest absolute Gasteiger partial charge is 0.382 e. The first-order valence-electron chi connectivity index (χ1n) is 5.76. The molecule has 15 heavy (non-hydrogen) atoms. The summed E-state index contributed by atoms with van der Waals surface area (Å²) in [5.41, 5.74) is 1.37. The third kappa shape index (κ3) is 3.49. The van der Waals surface area contributed by atoms with Gasteiger partial charge in [0.15, 0.2) is 0 Å². The first kappa shape index (κ1) is 12.5. The van der Waals surface area contributed by atoms with Crippen LogP contribution in [0.1, 0.15) is 40.5 Å². The van der Waals surface area contributed by atoms with E-state index in [1.165, 1.54) is 18.6 Å². The smallest absolute Gasteiger partial charge is 0.0704 e. The molecule has 0 aromatic rings. The summed E-state index contributed by atoms with van der Waals surface area (Å²) in [6, 6.07) is 0.479. The van der Waals surface area contributed by atoms with Crippen molar-refractivity contribution in [2.45, 2.75) is 46.6 Å². The van der Waals surface area contributed by atoms with Crippen LogP contribution in [0.3, 0.4) is 0 Å². The second kappa shape index (κ2) is 4.97. The molecule has 1 aliphatic heterocycles. The van der Waals surface area contributed by atoms with Crippen molar-refractivity contribution >= 4 is 5.71 Å². The van der Waals surface area contributed by atoms with Crippen LogP contribution in [0.4, 0.5) is 0 Å². The summed E-state index contributed by atoms with van der Waals surface area (Å²) in [5, 5.41) is 6.92. The first-order valence-corrected chi connectivity index (χ1v) is 5.76. The molecular weight excluding hydrogens is 188 g/mol. The van der Waals surface area contributed by atoms with Gasteiger partial charge in [0.05, 0.1) is 12.6 Å². The Labute approximate surface area is 93.5 Å². The van der Waals surface area contributed by atoms with Gasteiger partial charge in [0, 0.05) is 24.8 Å². The average Bonchev–Trinajstić information content (AvgIpc) is 2.52. The highest BCUT2D eigenvalue weighted by atomic mass is 16.5. The number of nitrogens with zero attached hydrogens (tertiary/aromatic N) is 2. The highest BCUT2D eigenvalue weighted by Gasteiger charge is 2.24. The zero-order valence-electron chi connectivity index (χ0n) is 10.7. The number of methoxy groups -OCH3 is 1. The lowest BCUT2D eigenvalue weighted by Gasteiger charge is -2.25. The molecule has 3 nitrogen and oxygen atoms in total. The highest BCUT2D eigenvalue weighted by molar-refractivity contribution is 5.86. The van der Waals surface area contributed by atoms with Crippen molar-refractivity contribution < 1.29 is 4.74 Å². The van der Waals surface area contributed by atoms with Crippen molar-refractivity contribution in [3.8, 4) is 0 Å². The number of hydrazone groups is 1. The molecule has 0 unspecified atom stereocenters. The molecule has 0 amide bonds. The Morgan fingerprint density at radius 1 is 1.47 bits per heavy atom. The van der Waals surface area contributed by atoms with Gasteiger partial charge in [-0.3, -0.25) is 5.01 Å². The van der Waals surface area contributed by atoms with Gasteiger partial charge in [-0.15, -0.1) is 0 Å². The van der Waals surface area contributed by atoms with E-state index in [2.05, 4.69) is 32.7 Å². The van der Waals surface area contributed by atoms with Gasteiger partial charge in [0.2, 0.25) is 0 Å². The molecule has 0 aromatic carbocycles. The fourth-order valence-electron chi connectivity index (χ4n) is 1.66. The summed E-state index contributed by atoms with van der Waals surface area (Å²) in [4.78, 5) is 0. The minimum absolute atomic E-state index is 0.167. The Hall–Kier alpha value is -0.570. The average molecular weight is 212 g/mol. The zero-order chi connectivity index (χ0) is 11.5. The van der Waals surface area contributed by atoms with Gasteiger partial charge in [-0.1, -0.05) is 20.8 Å². The molecule has 0 N–H and O–H groups in total. The molecular formula is C12H24N2O. The van der Waals surface area contributed by atoms with Crippen LogP contribution in [0.25, 0.3) is 0 Å². The summed E-state index contributed by atoms with van der Waals surface area (Å²) >= 11 is 0. The predicted molar refractivity (Wildman–Crippen MR) is 64.2 cm³/mol. The normalized spacial score (nSPS) is 23.7. The van der Waals surface area contributed by atoms with Crippen molar-refractivity contribution in [3.63, 3.8) is 0 Å². The van der Waals surface area contributed by atoms with Crippen molar-refractivity contribution in [2.75, 3.05) is 20.3 Å². The SMILES string of the molecule is COC[C@@H]1CCCN1/N=C(\C)C(C)(C)C. The monoisotopic (exact) mass is 212 g/mol. The molecule has 1 fully saturated rings. The van der Waals surface area contributed by atoms with Crippen LogP contribution >= 0.6 is 0 Å². The van der Waals surface area contributed by atoms with Crippen LogP contribution in [-0.4, -0.2) is 37.0 Å². The Bertz CT molecular complexity index is 230. The molecule has 0 spiro atoms. The van der Waals surface area contributed by atoms with E-state index in [9.17, 15) is 0 Å². The van der Waals surface area contributed by atoms with Crippen molar-refractivity contribution in [1.82, 2.24) is 5.01 Å². The first-order chi connectivity index (χ1) is 6.95. The second-order valence-corrected chi connectivity index (χ2v) is 5.35. The van der Waals surface area contributed by atoms with Crippen LogP contribution in [0.15, 0.2) is 5.10 Å². The molecule has 0 saturated carbocycles. The Morgan fingerprint density at radius 2 is 2.13 bits per heavy atom. The third-order valence-electron chi connectivity index (χ3n) is 3.07. The Morgan fingerprint density at radius 3 is 2.67 bits per heavy atom. The fourth-order valence-corrected chi connectivity index (χ4v) is 1.66. The van der Waals surface area contributed by atoms with Crippen LogP contribution in [0.5, 0.6) is 0 Å². The van der Waals surface area contributed by atoms with E-state index in [-0.39, 0.29) is 5.41 Å². The summed E-state index contributed by atoms with van der Waals surface area (Å²) < 4.78 is 5.21. The minimum atomic E-state index is 0.167. The van der Waals surface area contributed by atoms with Crippen LogP contribution in [-0.2, 0) is 4.74 Å². The highest BCUT2D eigenvalue weighted by Crippen LogP contribution is 2.21. The molecule has 0 radical (unpaired) electrons. The van der Waals surface area contributed by atoms with Crippen molar-refractivity contribution in [1.29, 1.82) is 0 Å². The van der Waals surface area contributed by atoms with E-state index in [1.807, 2.05) is 0 Å². The molecule has 88 valence electrons. The van der Waals surface area contributed by atoms with Gasteiger partial charge in [0.25, 0.3) is 0 Å². The number of ether oxygens (including phenoxy) is 1. The molecule has 1 saturated heterocycles. The Balaban J connectivity index is 2.63. The summed E-state index contributed by atoms with van der Waals surface area (Å²) in [6.45, 7) is 10.6. The van der Waals surface area contributed by atoms with Crippen molar-refractivity contribution in [2.24, 2.45) is 10.5 Å². The molecule has 1 heterocycles. The van der Waals surface area contributed by atoms with E-state index in [1.54, 1.807) is 7.11 Å². The lowest BCUT2D eigenvalue weighted by atomic mass is 9.91. The number of rotatable bonds is 3. The van der Waals surface area contributed by atoms with E-state index >= 15 is 0 Å². The molecule has 0 aliphatic carbocycles. The van der Waals surface area contributed by atoms with Gasteiger partial charge in [-0.25, -0.2) is 0 Å². The molecule has 0 aromatic heterocycles. The predicted octanol–water partition coefficient (Wildman–Crippen LogP) is 2.52. The molecule has 0 bridgehead atoms.